The van der Waals surface area contributed by atoms with Gasteiger partial charge in [0.25, 0.3) is 0 Å². The molecule has 0 spiro atoms. The van der Waals surface area contributed by atoms with Crippen molar-refractivity contribution in [3.05, 3.63) is 29.8 Å². The van der Waals surface area contributed by atoms with Crippen molar-refractivity contribution in [2.75, 3.05) is 25.1 Å². The fraction of sp³-hybridized carbons (Fsp3) is 0.588. The molecule has 0 aliphatic carbocycles. The molecule has 0 aliphatic heterocycles. The third-order valence-electron chi connectivity index (χ3n) is 3.53. The lowest BCUT2D eigenvalue weighted by atomic mass is 9.99. The van der Waals surface area contributed by atoms with E-state index in [1.54, 1.807) is 0 Å². The summed E-state index contributed by atoms with van der Waals surface area (Å²) in [6, 6.07) is 8.55. The highest BCUT2D eigenvalue weighted by atomic mass is 16.5. The van der Waals surface area contributed by atoms with Gasteiger partial charge in [0.15, 0.2) is 0 Å². The van der Waals surface area contributed by atoms with E-state index >= 15 is 0 Å². The molecule has 0 radical (unpaired) electrons. The number of esters is 1. The second kappa shape index (κ2) is 7.46. The van der Waals surface area contributed by atoms with Crippen molar-refractivity contribution in [3.8, 4) is 0 Å². The van der Waals surface area contributed by atoms with Crippen molar-refractivity contribution < 1.29 is 9.53 Å². The summed E-state index contributed by atoms with van der Waals surface area (Å²) in [5.74, 6) is -0.234. The maximum Gasteiger partial charge on any atom is 0.327 e. The number of aryl methyl sites for hydroxylation is 1. The van der Waals surface area contributed by atoms with Gasteiger partial charge in [-0.15, -0.1) is 0 Å². The number of ether oxygens (including phenoxy) is 1. The van der Waals surface area contributed by atoms with E-state index in [9.17, 15) is 4.79 Å². The zero-order valence-corrected chi connectivity index (χ0v) is 14.1. The molecule has 1 N–H and O–H groups in total. The van der Waals surface area contributed by atoms with Crippen molar-refractivity contribution in [2.45, 2.75) is 46.2 Å². The Morgan fingerprint density at radius 2 is 1.90 bits per heavy atom. The number of hydrogen-bond acceptors (Lipinski definition) is 4. The molecule has 4 nitrogen and oxygen atoms in total. The number of rotatable bonds is 7. The minimum Gasteiger partial charge on any atom is -0.468 e. The first-order chi connectivity index (χ1) is 9.82. The average molecular weight is 292 g/mol. The van der Waals surface area contributed by atoms with E-state index in [1.807, 2.05) is 20.8 Å². The van der Waals surface area contributed by atoms with Crippen LogP contribution in [-0.2, 0) is 9.53 Å². The van der Waals surface area contributed by atoms with Crippen LogP contribution in [-0.4, -0.2) is 37.7 Å². The van der Waals surface area contributed by atoms with E-state index < -0.39 is 5.54 Å². The Bertz CT molecular complexity index is 456. The van der Waals surface area contributed by atoms with Gasteiger partial charge in [0, 0.05) is 24.8 Å². The van der Waals surface area contributed by atoms with Gasteiger partial charge in [-0.2, -0.15) is 0 Å². The molecule has 0 amide bonds. The molecule has 118 valence electrons. The molecule has 0 saturated carbocycles. The molecule has 0 heterocycles. The van der Waals surface area contributed by atoms with Gasteiger partial charge < -0.3 is 9.64 Å². The number of anilines is 1. The highest BCUT2D eigenvalue weighted by Gasteiger charge is 2.36. The Morgan fingerprint density at radius 1 is 1.33 bits per heavy atom. The maximum absolute atomic E-state index is 12.2. The van der Waals surface area contributed by atoms with E-state index in [0.29, 0.717) is 6.54 Å². The van der Waals surface area contributed by atoms with Gasteiger partial charge >= 0.3 is 5.97 Å². The van der Waals surface area contributed by atoms with Gasteiger partial charge in [-0.25, -0.2) is 4.79 Å². The fourth-order valence-corrected chi connectivity index (χ4v) is 2.55. The van der Waals surface area contributed by atoms with Gasteiger partial charge in [-0.05, 0) is 46.8 Å². The van der Waals surface area contributed by atoms with Crippen LogP contribution in [0.3, 0.4) is 0 Å². The lowest BCUT2D eigenvalue weighted by molar-refractivity contribution is -0.147. The summed E-state index contributed by atoms with van der Waals surface area (Å²) in [4.78, 5) is 14.4. The van der Waals surface area contributed by atoms with Crippen molar-refractivity contribution in [1.29, 1.82) is 0 Å². The summed E-state index contributed by atoms with van der Waals surface area (Å²) < 4.78 is 4.99. The Hall–Kier alpha value is -1.55. The monoisotopic (exact) mass is 292 g/mol. The first-order valence-electron chi connectivity index (χ1n) is 7.50. The number of methoxy groups -OCH3 is 1. The zero-order valence-electron chi connectivity index (χ0n) is 14.1. The summed E-state index contributed by atoms with van der Waals surface area (Å²) in [5.41, 5.74) is 1.61. The lowest BCUT2D eigenvalue weighted by Crippen LogP contribution is -2.59. The summed E-state index contributed by atoms with van der Waals surface area (Å²) in [6.45, 7) is 11.5. The molecule has 4 heteroatoms. The van der Waals surface area contributed by atoms with Crippen molar-refractivity contribution in [1.82, 2.24) is 5.32 Å². The van der Waals surface area contributed by atoms with Crippen molar-refractivity contribution in [3.63, 3.8) is 0 Å². The number of nitrogens with zero attached hydrogens (tertiary/aromatic N) is 1. The van der Waals surface area contributed by atoms with Gasteiger partial charge in [0.1, 0.15) is 5.54 Å². The largest absolute Gasteiger partial charge is 0.468 e. The van der Waals surface area contributed by atoms with E-state index in [0.717, 1.165) is 12.2 Å². The van der Waals surface area contributed by atoms with E-state index in [4.69, 9.17) is 4.74 Å². The van der Waals surface area contributed by atoms with Gasteiger partial charge in [0.2, 0.25) is 0 Å². The number of carbonyl (C=O) groups is 1. The van der Waals surface area contributed by atoms with Crippen LogP contribution < -0.4 is 10.2 Å². The normalized spacial score (nSPS) is 13.9. The van der Waals surface area contributed by atoms with Crippen LogP contribution in [0.25, 0.3) is 0 Å². The second-order valence-electron chi connectivity index (χ2n) is 5.97. The summed E-state index contributed by atoms with van der Waals surface area (Å²) >= 11 is 0. The van der Waals surface area contributed by atoms with Crippen LogP contribution in [0.5, 0.6) is 0 Å². The van der Waals surface area contributed by atoms with E-state index in [2.05, 4.69) is 48.3 Å². The Morgan fingerprint density at radius 3 is 2.33 bits per heavy atom. The summed E-state index contributed by atoms with van der Waals surface area (Å²) in [5, 5.41) is 3.34. The number of benzene rings is 1. The first kappa shape index (κ1) is 17.5. The Kier molecular flexibility index (Phi) is 6.21. The van der Waals surface area contributed by atoms with Crippen LogP contribution in [0.2, 0.25) is 0 Å². The van der Waals surface area contributed by atoms with E-state index in [-0.39, 0.29) is 12.0 Å². The maximum atomic E-state index is 12.2. The number of likely N-dealkylation sites (N-methyl/N-ethyl adjacent to an activating group) is 1. The minimum atomic E-state index is -0.732. The van der Waals surface area contributed by atoms with Crippen LogP contribution in [0.15, 0.2) is 24.3 Å². The molecule has 0 bridgehead atoms. The molecule has 1 unspecified atom stereocenters. The number of carbonyl (C=O) groups excluding carboxylic acids is 1. The quantitative estimate of drug-likeness (QED) is 0.785. The molecule has 21 heavy (non-hydrogen) atoms. The molecule has 0 aliphatic rings. The SMILES string of the molecule is CCN(CC(C)(NC(C)C)C(=O)OC)c1ccc(C)cc1. The molecular weight excluding hydrogens is 264 g/mol. The van der Waals surface area contributed by atoms with Gasteiger partial charge in [-0.3, -0.25) is 5.32 Å². The van der Waals surface area contributed by atoms with Gasteiger partial charge in [0.05, 0.1) is 7.11 Å². The molecule has 1 aromatic carbocycles. The minimum absolute atomic E-state index is 0.200. The molecule has 0 fully saturated rings. The molecule has 1 rings (SSSR count). The van der Waals surface area contributed by atoms with Crippen LogP contribution in [0.4, 0.5) is 5.69 Å². The van der Waals surface area contributed by atoms with Crippen molar-refractivity contribution >= 4 is 11.7 Å². The lowest BCUT2D eigenvalue weighted by Gasteiger charge is -2.36. The highest BCUT2D eigenvalue weighted by Crippen LogP contribution is 2.19. The first-order valence-corrected chi connectivity index (χ1v) is 7.50. The summed E-state index contributed by atoms with van der Waals surface area (Å²) in [7, 11) is 1.44. The fourth-order valence-electron chi connectivity index (χ4n) is 2.55. The topological polar surface area (TPSA) is 41.6 Å². The van der Waals surface area contributed by atoms with E-state index in [1.165, 1.54) is 12.7 Å². The Balaban J connectivity index is 2.98. The third-order valence-corrected chi connectivity index (χ3v) is 3.53. The van der Waals surface area contributed by atoms with Gasteiger partial charge in [-0.1, -0.05) is 17.7 Å². The zero-order chi connectivity index (χ0) is 16.0. The molecule has 0 aromatic heterocycles. The molecule has 1 aromatic rings. The average Bonchev–Trinajstić information content (AvgIpc) is 2.44. The Labute approximate surface area is 128 Å². The molecule has 1 atom stereocenters. The second-order valence-corrected chi connectivity index (χ2v) is 5.97. The van der Waals surface area contributed by atoms with Crippen LogP contribution in [0.1, 0.15) is 33.3 Å². The van der Waals surface area contributed by atoms with Crippen molar-refractivity contribution in [2.24, 2.45) is 0 Å². The third kappa shape index (κ3) is 4.74. The highest BCUT2D eigenvalue weighted by molar-refractivity contribution is 5.81. The van der Waals surface area contributed by atoms with Crippen LogP contribution in [0, 0.1) is 6.92 Å². The number of hydrogen-bond donors (Lipinski definition) is 1. The molecule has 0 saturated heterocycles. The predicted octanol–water partition coefficient (Wildman–Crippen LogP) is 2.75. The predicted molar refractivity (Wildman–Crippen MR) is 87.8 cm³/mol. The smallest absolute Gasteiger partial charge is 0.327 e. The standard InChI is InChI=1S/C17H28N2O2/c1-7-19(15-10-8-14(4)9-11-15)12-17(5,16(20)21-6)18-13(2)3/h8-11,13,18H,7,12H2,1-6H3. The molecular formula is C17H28N2O2. The number of nitrogens with one attached hydrogen (secondary N) is 1. The summed E-state index contributed by atoms with van der Waals surface area (Å²) in [6.07, 6.45) is 0. The van der Waals surface area contributed by atoms with Crippen LogP contribution >= 0.6 is 0 Å².